The number of hydrogen-bond acceptors (Lipinski definition) is 3. The molecule has 0 aromatic carbocycles. The van der Waals surface area contributed by atoms with E-state index in [0.717, 1.165) is 9.80 Å². The van der Waals surface area contributed by atoms with Gasteiger partial charge in [0.1, 0.15) is 0 Å². The first-order valence-electron chi connectivity index (χ1n) is 7.64. The number of rotatable bonds is 8. The minimum Gasteiger partial charge on any atom is -0.380 e. The highest BCUT2D eigenvalue weighted by atomic mass is 19.1. The van der Waals surface area contributed by atoms with Crippen LogP contribution in [-0.2, 0) is 9.47 Å². The van der Waals surface area contributed by atoms with Crippen LogP contribution < -0.4 is 0 Å². The Hall–Kier alpha value is -0.950. The number of carbonyl (C=O) groups excluding carboxylic acids is 1. The van der Waals surface area contributed by atoms with Crippen molar-refractivity contribution in [2.45, 2.75) is 52.4 Å². The minimum absolute atomic E-state index is 0.00815. The van der Waals surface area contributed by atoms with Gasteiger partial charge >= 0.3 is 6.03 Å². The number of hydrogen-bond donors (Lipinski definition) is 0. The van der Waals surface area contributed by atoms with Crippen LogP contribution in [0.5, 0.6) is 0 Å². The molecule has 1 aliphatic heterocycles. The molecule has 0 spiro atoms. The van der Waals surface area contributed by atoms with Gasteiger partial charge in [-0.25, -0.2) is 13.6 Å². The molecule has 0 aromatic heterocycles. The van der Waals surface area contributed by atoms with E-state index in [-0.39, 0.29) is 25.0 Å². The second kappa shape index (κ2) is 8.06. The van der Waals surface area contributed by atoms with E-state index in [0.29, 0.717) is 0 Å². The van der Waals surface area contributed by atoms with Gasteiger partial charge in [-0.15, -0.1) is 0 Å². The molecule has 1 saturated heterocycles. The van der Waals surface area contributed by atoms with Crippen LogP contribution in [0.4, 0.5) is 13.6 Å². The predicted molar refractivity (Wildman–Crippen MR) is 79.9 cm³/mol. The van der Waals surface area contributed by atoms with E-state index in [4.69, 9.17) is 9.47 Å². The van der Waals surface area contributed by atoms with E-state index >= 15 is 0 Å². The molecular weight excluding hydrogens is 294 g/mol. The van der Waals surface area contributed by atoms with Crippen molar-refractivity contribution in [3.05, 3.63) is 0 Å². The normalized spacial score (nSPS) is 25.5. The van der Waals surface area contributed by atoms with Gasteiger partial charge in [-0.1, -0.05) is 27.7 Å². The second-order valence-electron chi connectivity index (χ2n) is 6.35. The van der Waals surface area contributed by atoms with Crippen LogP contribution >= 0.6 is 0 Å². The van der Waals surface area contributed by atoms with Gasteiger partial charge < -0.3 is 9.47 Å². The summed E-state index contributed by atoms with van der Waals surface area (Å²) in [6, 6.07) is -1.45. The van der Waals surface area contributed by atoms with Gasteiger partial charge in [0.15, 0.2) is 12.6 Å². The van der Waals surface area contributed by atoms with Crippen molar-refractivity contribution in [3.63, 3.8) is 0 Å². The lowest BCUT2D eigenvalue weighted by molar-refractivity contribution is 0.00753. The van der Waals surface area contributed by atoms with Crippen LogP contribution in [0, 0.1) is 11.8 Å². The third kappa shape index (κ3) is 3.68. The molecule has 4 atom stereocenters. The van der Waals surface area contributed by atoms with Crippen LogP contribution in [-0.4, -0.2) is 67.9 Å². The summed E-state index contributed by atoms with van der Waals surface area (Å²) in [5.74, 6) is -0.0163. The first-order chi connectivity index (χ1) is 10.3. The lowest BCUT2D eigenvalue weighted by atomic mass is 9.88. The maximum absolute atomic E-state index is 14.4. The van der Waals surface area contributed by atoms with Crippen molar-refractivity contribution in [2.24, 2.45) is 11.8 Å². The molecule has 0 saturated carbocycles. The highest BCUT2D eigenvalue weighted by Gasteiger charge is 2.53. The molecule has 7 heteroatoms. The standard InChI is InChI=1S/C15H28F2N2O3/c1-9(2)13-14(10(3)4)19(12(17)8-22-6)15(20)18(13)11(16)7-21-5/h9-14H,7-8H2,1-6H3. The molecule has 1 rings (SSSR count). The molecule has 0 N–H and O–H groups in total. The fraction of sp³-hybridized carbons (Fsp3) is 0.933. The maximum atomic E-state index is 14.4. The van der Waals surface area contributed by atoms with E-state index in [1.165, 1.54) is 14.2 Å². The quantitative estimate of drug-likeness (QED) is 0.645. The first-order valence-corrected chi connectivity index (χ1v) is 7.64. The molecule has 1 heterocycles. The molecule has 0 aliphatic carbocycles. The molecule has 0 bridgehead atoms. The molecule has 2 amide bonds. The number of alkyl halides is 2. The van der Waals surface area contributed by atoms with Gasteiger partial charge in [-0.2, -0.15) is 0 Å². The Morgan fingerprint density at radius 1 is 0.909 bits per heavy atom. The van der Waals surface area contributed by atoms with Crippen LogP contribution in [0.1, 0.15) is 27.7 Å². The number of urea groups is 1. The summed E-state index contributed by atoms with van der Waals surface area (Å²) in [6.07, 6.45) is -3.18. The molecule has 5 nitrogen and oxygen atoms in total. The summed E-state index contributed by atoms with van der Waals surface area (Å²) in [5, 5.41) is 0. The van der Waals surface area contributed by atoms with Gasteiger partial charge in [-0.3, -0.25) is 9.80 Å². The predicted octanol–water partition coefficient (Wildman–Crippen LogP) is 2.66. The number of carbonyl (C=O) groups is 1. The average Bonchev–Trinajstić information content (AvgIpc) is 2.73. The monoisotopic (exact) mass is 322 g/mol. The molecule has 130 valence electrons. The zero-order valence-corrected chi connectivity index (χ0v) is 14.3. The summed E-state index contributed by atoms with van der Waals surface area (Å²) >= 11 is 0. The number of methoxy groups -OCH3 is 2. The summed E-state index contributed by atoms with van der Waals surface area (Å²) < 4.78 is 38.5. The molecule has 4 unspecified atom stereocenters. The van der Waals surface area contributed by atoms with Crippen LogP contribution in [0.15, 0.2) is 0 Å². The zero-order valence-electron chi connectivity index (χ0n) is 14.3. The molecule has 1 aliphatic rings. The van der Waals surface area contributed by atoms with E-state index in [1.807, 2.05) is 27.7 Å². The largest absolute Gasteiger partial charge is 0.380 e. The fourth-order valence-electron chi connectivity index (χ4n) is 3.20. The molecule has 0 radical (unpaired) electrons. The summed E-state index contributed by atoms with van der Waals surface area (Å²) in [7, 11) is 2.75. The van der Waals surface area contributed by atoms with Crippen molar-refractivity contribution in [1.29, 1.82) is 0 Å². The van der Waals surface area contributed by atoms with Crippen molar-refractivity contribution in [1.82, 2.24) is 9.80 Å². The third-order valence-corrected chi connectivity index (χ3v) is 4.01. The van der Waals surface area contributed by atoms with Crippen LogP contribution in [0.3, 0.4) is 0 Å². The van der Waals surface area contributed by atoms with E-state index in [9.17, 15) is 13.6 Å². The van der Waals surface area contributed by atoms with Gasteiger partial charge in [0.2, 0.25) is 0 Å². The van der Waals surface area contributed by atoms with Gasteiger partial charge in [0.05, 0.1) is 25.3 Å². The van der Waals surface area contributed by atoms with Gasteiger partial charge in [0.25, 0.3) is 0 Å². The lowest BCUT2D eigenvalue weighted by Crippen LogP contribution is -2.48. The summed E-state index contributed by atoms with van der Waals surface area (Å²) in [6.45, 7) is 7.18. The number of nitrogens with zero attached hydrogens (tertiary/aromatic N) is 2. The smallest absolute Gasteiger partial charge is 0.325 e. The summed E-state index contributed by atoms with van der Waals surface area (Å²) in [4.78, 5) is 14.9. The number of halogens is 2. The average molecular weight is 322 g/mol. The van der Waals surface area contributed by atoms with Gasteiger partial charge in [-0.05, 0) is 11.8 Å². The maximum Gasteiger partial charge on any atom is 0.325 e. The Morgan fingerprint density at radius 3 is 1.45 bits per heavy atom. The molecular formula is C15H28F2N2O3. The summed E-state index contributed by atoms with van der Waals surface area (Å²) in [5.41, 5.74) is 0. The van der Waals surface area contributed by atoms with Crippen molar-refractivity contribution >= 4 is 6.03 Å². The molecule has 0 aromatic rings. The van der Waals surface area contributed by atoms with Crippen molar-refractivity contribution in [3.8, 4) is 0 Å². The van der Waals surface area contributed by atoms with E-state index in [2.05, 4.69) is 0 Å². The Morgan fingerprint density at radius 2 is 1.23 bits per heavy atom. The topological polar surface area (TPSA) is 42.0 Å². The highest BCUT2D eigenvalue weighted by Crippen LogP contribution is 2.36. The minimum atomic E-state index is -1.59. The SMILES string of the molecule is COCC(F)N1C(=O)N(C(F)COC)C(C(C)C)C1C(C)C. The third-order valence-electron chi connectivity index (χ3n) is 4.01. The number of ether oxygens (including phenoxy) is 2. The van der Waals surface area contributed by atoms with Crippen molar-refractivity contribution in [2.75, 3.05) is 27.4 Å². The van der Waals surface area contributed by atoms with Crippen molar-refractivity contribution < 1.29 is 23.0 Å². The second-order valence-corrected chi connectivity index (χ2v) is 6.35. The molecule has 22 heavy (non-hydrogen) atoms. The van der Waals surface area contributed by atoms with Gasteiger partial charge in [0, 0.05) is 14.2 Å². The zero-order chi connectivity index (χ0) is 17.0. The fourth-order valence-corrected chi connectivity index (χ4v) is 3.20. The Labute approximate surface area is 131 Å². The molecule has 1 fully saturated rings. The van der Waals surface area contributed by atoms with E-state index < -0.39 is 30.7 Å². The lowest BCUT2D eigenvalue weighted by Gasteiger charge is -2.34. The van der Waals surface area contributed by atoms with Crippen LogP contribution in [0.2, 0.25) is 0 Å². The van der Waals surface area contributed by atoms with Crippen LogP contribution in [0.25, 0.3) is 0 Å². The number of amides is 2. The Bertz CT molecular complexity index is 337. The first kappa shape index (κ1) is 19.1. The Kier molecular flexibility index (Phi) is 6.99. The highest BCUT2D eigenvalue weighted by molar-refractivity contribution is 5.78. The Balaban J connectivity index is 3.19. The van der Waals surface area contributed by atoms with E-state index in [1.54, 1.807) is 0 Å².